The van der Waals surface area contributed by atoms with Gasteiger partial charge in [-0.1, -0.05) is 30.7 Å². The fraction of sp³-hybridized carbons (Fsp3) is 0.263. The molecular formula is C19H19ClN2O3S. The monoisotopic (exact) mass is 390 g/mol. The van der Waals surface area contributed by atoms with Crippen LogP contribution in [0, 0.1) is 0 Å². The first-order valence-electron chi connectivity index (χ1n) is 8.29. The maximum absolute atomic E-state index is 12.5. The normalized spacial score (nSPS) is 16.4. The Bertz CT molecular complexity index is 798. The fourth-order valence-corrected chi connectivity index (χ4v) is 3.95. The van der Waals surface area contributed by atoms with Crippen LogP contribution in [0.4, 0.5) is 5.69 Å². The van der Waals surface area contributed by atoms with Crippen molar-refractivity contribution in [1.29, 1.82) is 0 Å². The van der Waals surface area contributed by atoms with E-state index in [1.54, 1.807) is 60.0 Å². The summed E-state index contributed by atoms with van der Waals surface area (Å²) in [5.74, 6) is 2.20. The third kappa shape index (κ3) is 4.31. The van der Waals surface area contributed by atoms with Crippen LogP contribution in [0.3, 0.4) is 0 Å². The molecule has 0 radical (unpaired) electrons. The lowest BCUT2D eigenvalue weighted by atomic mass is 10.2. The molecule has 2 aromatic rings. The van der Waals surface area contributed by atoms with Gasteiger partial charge in [0.1, 0.15) is 17.5 Å². The molecule has 1 aliphatic heterocycles. The van der Waals surface area contributed by atoms with E-state index in [4.69, 9.17) is 16.3 Å². The Hall–Kier alpha value is -2.18. The van der Waals surface area contributed by atoms with Crippen LogP contribution in [-0.2, 0) is 9.59 Å². The number of carbonyl (C=O) groups is 2. The lowest BCUT2D eigenvalue weighted by Crippen LogP contribution is -2.44. The smallest absolute Gasteiger partial charge is 0.248 e. The Morgan fingerprint density at radius 2 is 1.96 bits per heavy atom. The van der Waals surface area contributed by atoms with E-state index in [0.717, 1.165) is 0 Å². The van der Waals surface area contributed by atoms with Crippen LogP contribution in [0.15, 0.2) is 48.5 Å². The molecular weight excluding hydrogens is 372 g/mol. The van der Waals surface area contributed by atoms with Crippen LogP contribution in [0.25, 0.3) is 0 Å². The molecule has 0 bridgehead atoms. The van der Waals surface area contributed by atoms with Crippen molar-refractivity contribution in [2.24, 2.45) is 0 Å². The summed E-state index contributed by atoms with van der Waals surface area (Å²) in [5.41, 5.74) is 0.655. The Balaban J connectivity index is 1.63. The van der Waals surface area contributed by atoms with E-state index in [1.807, 2.05) is 12.1 Å². The van der Waals surface area contributed by atoms with Crippen LogP contribution in [0.2, 0.25) is 5.02 Å². The highest BCUT2D eigenvalue weighted by molar-refractivity contribution is 7.99. The number of hydrogen-bond acceptors (Lipinski definition) is 4. The zero-order chi connectivity index (χ0) is 18.5. The van der Waals surface area contributed by atoms with Gasteiger partial charge in [-0.15, -0.1) is 11.8 Å². The second-order valence-electron chi connectivity index (χ2n) is 5.78. The number of hydrogen-bond donors (Lipinski definition) is 1. The van der Waals surface area contributed by atoms with Crippen molar-refractivity contribution in [3.05, 3.63) is 53.6 Å². The van der Waals surface area contributed by atoms with Gasteiger partial charge in [-0.05, 0) is 36.4 Å². The first-order valence-corrected chi connectivity index (χ1v) is 9.82. The predicted molar refractivity (Wildman–Crippen MR) is 105 cm³/mol. The number of carbonyl (C=O) groups excluding carboxylic acids is 2. The first kappa shape index (κ1) is 18.6. The summed E-state index contributed by atoms with van der Waals surface area (Å²) in [5, 5.41) is 3.40. The van der Waals surface area contributed by atoms with Crippen molar-refractivity contribution < 1.29 is 14.3 Å². The molecule has 1 saturated heterocycles. The van der Waals surface area contributed by atoms with Gasteiger partial charge in [0.2, 0.25) is 11.8 Å². The minimum absolute atomic E-state index is 0.00126. The van der Waals surface area contributed by atoms with E-state index in [-0.39, 0.29) is 11.8 Å². The zero-order valence-corrected chi connectivity index (χ0v) is 15.8. The lowest BCUT2D eigenvalue weighted by Gasteiger charge is -2.22. The van der Waals surface area contributed by atoms with Gasteiger partial charge in [0.05, 0.1) is 10.9 Å². The molecule has 1 unspecified atom stereocenters. The van der Waals surface area contributed by atoms with Gasteiger partial charge >= 0.3 is 0 Å². The zero-order valence-electron chi connectivity index (χ0n) is 14.3. The van der Waals surface area contributed by atoms with E-state index < -0.39 is 6.04 Å². The molecule has 0 aromatic heterocycles. The Kier molecular flexibility index (Phi) is 6.06. The third-order valence-electron chi connectivity index (χ3n) is 3.99. The van der Waals surface area contributed by atoms with Gasteiger partial charge in [0, 0.05) is 17.9 Å². The number of anilines is 1. The molecule has 0 spiro atoms. The van der Waals surface area contributed by atoms with Crippen molar-refractivity contribution in [2.45, 2.75) is 19.4 Å². The summed E-state index contributed by atoms with van der Waals surface area (Å²) in [6, 6.07) is 13.8. The number of thioether (sulfide) groups is 1. The van der Waals surface area contributed by atoms with Crippen LogP contribution < -0.4 is 10.1 Å². The third-order valence-corrected chi connectivity index (χ3v) is 5.32. The maximum Gasteiger partial charge on any atom is 0.248 e. The summed E-state index contributed by atoms with van der Waals surface area (Å²) in [4.78, 5) is 26.1. The van der Waals surface area contributed by atoms with Crippen LogP contribution >= 0.6 is 23.4 Å². The Labute approximate surface area is 161 Å². The summed E-state index contributed by atoms with van der Waals surface area (Å²) < 4.78 is 5.73. The molecule has 0 aliphatic carbocycles. The average Bonchev–Trinajstić information content (AvgIpc) is 3.14. The second kappa shape index (κ2) is 8.47. The molecule has 1 heterocycles. The van der Waals surface area contributed by atoms with E-state index in [1.165, 1.54) is 0 Å². The number of amides is 2. The van der Waals surface area contributed by atoms with Crippen molar-refractivity contribution in [1.82, 2.24) is 4.90 Å². The highest BCUT2D eigenvalue weighted by Crippen LogP contribution is 2.29. The molecule has 1 atom stereocenters. The molecule has 2 amide bonds. The van der Waals surface area contributed by atoms with Gasteiger partial charge in [0.25, 0.3) is 0 Å². The summed E-state index contributed by atoms with van der Waals surface area (Å²) in [6.07, 6.45) is 0.401. The van der Waals surface area contributed by atoms with E-state index in [2.05, 4.69) is 5.32 Å². The highest BCUT2D eigenvalue weighted by atomic mass is 35.5. The molecule has 1 N–H and O–H groups in total. The predicted octanol–water partition coefficient (Wildman–Crippen LogP) is 4.38. The highest BCUT2D eigenvalue weighted by Gasteiger charge is 2.33. The van der Waals surface area contributed by atoms with Gasteiger partial charge in [-0.2, -0.15) is 0 Å². The number of rotatable bonds is 5. The average molecular weight is 391 g/mol. The van der Waals surface area contributed by atoms with Crippen molar-refractivity contribution >= 4 is 40.9 Å². The number of ether oxygens (including phenoxy) is 1. The Morgan fingerprint density at radius 3 is 2.65 bits per heavy atom. The second-order valence-corrected chi connectivity index (χ2v) is 7.19. The number of para-hydroxylation sites is 1. The topological polar surface area (TPSA) is 58.6 Å². The first-order chi connectivity index (χ1) is 12.6. The van der Waals surface area contributed by atoms with Crippen LogP contribution in [0.5, 0.6) is 11.5 Å². The van der Waals surface area contributed by atoms with E-state index >= 15 is 0 Å². The molecule has 136 valence electrons. The summed E-state index contributed by atoms with van der Waals surface area (Å²) in [6.45, 7) is 1.80. The number of nitrogens with zero attached hydrogens (tertiary/aromatic N) is 1. The van der Waals surface area contributed by atoms with Gasteiger partial charge in [-0.3, -0.25) is 9.59 Å². The molecule has 7 heteroatoms. The van der Waals surface area contributed by atoms with E-state index in [9.17, 15) is 9.59 Å². The SMILES string of the molecule is CCC(=O)N1CSCC1C(=O)Nc1ccc(Oc2ccccc2Cl)cc1. The largest absolute Gasteiger partial charge is 0.456 e. The lowest BCUT2D eigenvalue weighted by molar-refractivity contribution is -0.135. The van der Waals surface area contributed by atoms with Gasteiger partial charge < -0.3 is 15.0 Å². The van der Waals surface area contributed by atoms with Crippen molar-refractivity contribution in [3.8, 4) is 11.5 Å². The summed E-state index contributed by atoms with van der Waals surface area (Å²) >= 11 is 7.67. The molecule has 0 saturated carbocycles. The fourth-order valence-electron chi connectivity index (χ4n) is 2.60. The molecule has 26 heavy (non-hydrogen) atoms. The van der Waals surface area contributed by atoms with Crippen LogP contribution in [-0.4, -0.2) is 34.4 Å². The minimum Gasteiger partial charge on any atom is -0.456 e. The Morgan fingerprint density at radius 1 is 1.23 bits per heavy atom. The number of nitrogens with one attached hydrogen (secondary N) is 1. The number of halogens is 1. The van der Waals surface area contributed by atoms with Gasteiger partial charge in [-0.25, -0.2) is 0 Å². The molecule has 1 aliphatic rings. The standard InChI is InChI=1S/C19H19ClN2O3S/c1-2-18(23)22-12-26-11-16(22)19(24)21-13-7-9-14(10-8-13)25-17-6-4-3-5-15(17)20/h3-10,16H,2,11-12H2,1H3,(H,21,24). The van der Waals surface area contributed by atoms with E-state index in [0.29, 0.717) is 40.3 Å². The van der Waals surface area contributed by atoms with Crippen molar-refractivity contribution in [3.63, 3.8) is 0 Å². The quantitative estimate of drug-likeness (QED) is 0.822. The number of benzene rings is 2. The van der Waals surface area contributed by atoms with Gasteiger partial charge in [0.15, 0.2) is 0 Å². The molecule has 5 nitrogen and oxygen atoms in total. The molecule has 1 fully saturated rings. The summed E-state index contributed by atoms with van der Waals surface area (Å²) in [7, 11) is 0. The minimum atomic E-state index is -0.425. The molecule has 2 aromatic carbocycles. The maximum atomic E-state index is 12.5. The van der Waals surface area contributed by atoms with Crippen molar-refractivity contribution in [2.75, 3.05) is 16.9 Å². The molecule has 3 rings (SSSR count). The van der Waals surface area contributed by atoms with Crippen LogP contribution in [0.1, 0.15) is 13.3 Å².